The molecule has 0 bridgehead atoms. The van der Waals surface area contributed by atoms with Gasteiger partial charge in [-0.1, -0.05) is 24.3 Å². The van der Waals surface area contributed by atoms with Crippen molar-refractivity contribution in [3.8, 4) is 0 Å². The Balaban J connectivity index is 2.79. The lowest BCUT2D eigenvalue weighted by Crippen LogP contribution is -2.29. The second kappa shape index (κ2) is 5.47. The largest absolute Gasteiger partial charge is 0.378 e. The maximum Gasteiger partial charge on any atom is 0.253 e. The summed E-state index contributed by atoms with van der Waals surface area (Å²) >= 11 is 0. The molecule has 1 rings (SSSR count). The molecule has 0 heterocycles. The highest BCUT2D eigenvalue weighted by Crippen LogP contribution is 2.17. The number of carbonyl (C=O) groups excluding carboxylic acids is 1. The minimum absolute atomic E-state index is 0.362. The van der Waals surface area contributed by atoms with Crippen molar-refractivity contribution in [2.45, 2.75) is 20.0 Å². The molecule has 0 aromatic heterocycles. The van der Waals surface area contributed by atoms with Gasteiger partial charge in [-0.05, 0) is 30.5 Å². The molecule has 2 N–H and O–H groups in total. The monoisotopic (exact) mass is 219 g/mol. The van der Waals surface area contributed by atoms with E-state index >= 15 is 0 Å². The van der Waals surface area contributed by atoms with Gasteiger partial charge in [0.15, 0.2) is 6.10 Å². The number of aryl methyl sites for hydroxylation is 2. The first kappa shape index (κ1) is 12.5. The summed E-state index contributed by atoms with van der Waals surface area (Å²) in [7, 11) is 0. The van der Waals surface area contributed by atoms with Crippen LogP contribution in [-0.4, -0.2) is 17.6 Å². The Morgan fingerprint density at radius 2 is 2.19 bits per heavy atom. The molecular formula is C13H17NO2. The van der Waals surface area contributed by atoms with Crippen LogP contribution in [0.4, 0.5) is 0 Å². The van der Waals surface area contributed by atoms with Crippen molar-refractivity contribution in [2.24, 2.45) is 0 Å². The summed E-state index contributed by atoms with van der Waals surface area (Å²) in [4.78, 5) is 11.5. The third-order valence-corrected chi connectivity index (χ3v) is 2.52. The SMILES string of the molecule is C=CCNC(=O)C(O)c1ccc(C)c(C)c1. The van der Waals surface area contributed by atoms with Gasteiger partial charge in [0, 0.05) is 6.54 Å². The molecular weight excluding hydrogens is 202 g/mol. The summed E-state index contributed by atoms with van der Waals surface area (Å²) in [6.07, 6.45) is 0.463. The predicted octanol–water partition coefficient (Wildman–Crippen LogP) is 1.64. The van der Waals surface area contributed by atoms with E-state index in [1.54, 1.807) is 12.1 Å². The van der Waals surface area contributed by atoms with Gasteiger partial charge in [0.2, 0.25) is 0 Å². The first-order valence-corrected chi connectivity index (χ1v) is 5.20. The highest BCUT2D eigenvalue weighted by Gasteiger charge is 2.16. The van der Waals surface area contributed by atoms with Gasteiger partial charge >= 0.3 is 0 Å². The topological polar surface area (TPSA) is 49.3 Å². The van der Waals surface area contributed by atoms with Crippen LogP contribution in [-0.2, 0) is 4.79 Å². The molecule has 0 aliphatic rings. The maximum atomic E-state index is 11.5. The standard InChI is InChI=1S/C13H17NO2/c1-4-7-14-13(16)12(15)11-6-5-9(2)10(3)8-11/h4-6,8,12,15H,1,7H2,2-3H3,(H,14,16). The van der Waals surface area contributed by atoms with Crippen molar-refractivity contribution in [3.05, 3.63) is 47.5 Å². The molecule has 1 unspecified atom stereocenters. The van der Waals surface area contributed by atoms with Crippen molar-refractivity contribution < 1.29 is 9.90 Å². The van der Waals surface area contributed by atoms with Crippen LogP contribution in [0.2, 0.25) is 0 Å². The van der Waals surface area contributed by atoms with E-state index in [2.05, 4.69) is 11.9 Å². The number of aliphatic hydroxyl groups excluding tert-OH is 1. The van der Waals surface area contributed by atoms with Crippen molar-refractivity contribution >= 4 is 5.91 Å². The molecule has 86 valence electrons. The van der Waals surface area contributed by atoms with E-state index < -0.39 is 12.0 Å². The van der Waals surface area contributed by atoms with Gasteiger partial charge in [0.1, 0.15) is 0 Å². The second-order valence-electron chi connectivity index (χ2n) is 3.78. The van der Waals surface area contributed by atoms with E-state index in [1.807, 2.05) is 26.0 Å². The maximum absolute atomic E-state index is 11.5. The van der Waals surface area contributed by atoms with Gasteiger partial charge in [0.05, 0.1) is 0 Å². The zero-order valence-electron chi connectivity index (χ0n) is 9.66. The van der Waals surface area contributed by atoms with Crippen LogP contribution in [0.15, 0.2) is 30.9 Å². The van der Waals surface area contributed by atoms with E-state index in [0.29, 0.717) is 12.1 Å². The van der Waals surface area contributed by atoms with Gasteiger partial charge in [-0.2, -0.15) is 0 Å². The molecule has 1 aromatic rings. The van der Waals surface area contributed by atoms with Gasteiger partial charge in [-0.3, -0.25) is 4.79 Å². The summed E-state index contributed by atoms with van der Waals surface area (Å²) in [6.45, 7) is 7.80. The average molecular weight is 219 g/mol. The number of aliphatic hydroxyl groups is 1. The number of benzene rings is 1. The number of carbonyl (C=O) groups is 1. The van der Waals surface area contributed by atoms with E-state index in [0.717, 1.165) is 11.1 Å². The lowest BCUT2D eigenvalue weighted by atomic mass is 10.0. The highest BCUT2D eigenvalue weighted by molar-refractivity contribution is 5.82. The van der Waals surface area contributed by atoms with Crippen molar-refractivity contribution in [1.82, 2.24) is 5.32 Å². The van der Waals surface area contributed by atoms with Crippen LogP contribution >= 0.6 is 0 Å². The number of rotatable bonds is 4. The van der Waals surface area contributed by atoms with Gasteiger partial charge in [-0.25, -0.2) is 0 Å². The van der Waals surface area contributed by atoms with Crippen molar-refractivity contribution in [3.63, 3.8) is 0 Å². The van der Waals surface area contributed by atoms with Crippen molar-refractivity contribution in [2.75, 3.05) is 6.54 Å². The van der Waals surface area contributed by atoms with E-state index in [-0.39, 0.29) is 0 Å². The zero-order valence-corrected chi connectivity index (χ0v) is 9.66. The molecule has 0 spiro atoms. The molecule has 1 amide bonds. The van der Waals surface area contributed by atoms with Crippen LogP contribution in [0.5, 0.6) is 0 Å². The normalized spacial score (nSPS) is 11.9. The molecule has 16 heavy (non-hydrogen) atoms. The summed E-state index contributed by atoms with van der Waals surface area (Å²) in [6, 6.07) is 5.49. The summed E-state index contributed by atoms with van der Waals surface area (Å²) in [5, 5.41) is 12.3. The molecule has 3 nitrogen and oxygen atoms in total. The molecule has 0 saturated carbocycles. The molecule has 0 radical (unpaired) electrons. The van der Waals surface area contributed by atoms with E-state index in [1.165, 1.54) is 0 Å². The Morgan fingerprint density at radius 1 is 1.50 bits per heavy atom. The smallest absolute Gasteiger partial charge is 0.253 e. The first-order valence-electron chi connectivity index (χ1n) is 5.20. The molecule has 0 aliphatic heterocycles. The lowest BCUT2D eigenvalue weighted by molar-refractivity contribution is -0.129. The second-order valence-corrected chi connectivity index (χ2v) is 3.78. The molecule has 1 atom stereocenters. The number of amides is 1. The fourth-order valence-corrected chi connectivity index (χ4v) is 1.36. The quantitative estimate of drug-likeness (QED) is 0.756. The van der Waals surface area contributed by atoms with Crippen LogP contribution in [0.3, 0.4) is 0 Å². The summed E-state index contributed by atoms with van der Waals surface area (Å²) < 4.78 is 0. The Labute approximate surface area is 95.8 Å². The third-order valence-electron chi connectivity index (χ3n) is 2.52. The minimum Gasteiger partial charge on any atom is -0.378 e. The summed E-state index contributed by atoms with van der Waals surface area (Å²) in [5.74, 6) is -0.400. The molecule has 3 heteroatoms. The number of hydrogen-bond donors (Lipinski definition) is 2. The zero-order chi connectivity index (χ0) is 12.1. The van der Waals surface area contributed by atoms with Crippen LogP contribution in [0.1, 0.15) is 22.8 Å². The van der Waals surface area contributed by atoms with Gasteiger partial charge < -0.3 is 10.4 Å². The minimum atomic E-state index is -1.11. The summed E-state index contributed by atoms with van der Waals surface area (Å²) in [5.41, 5.74) is 2.82. The van der Waals surface area contributed by atoms with Crippen LogP contribution in [0, 0.1) is 13.8 Å². The van der Waals surface area contributed by atoms with Gasteiger partial charge in [0.25, 0.3) is 5.91 Å². The predicted molar refractivity (Wildman–Crippen MR) is 64.1 cm³/mol. The Morgan fingerprint density at radius 3 is 2.75 bits per heavy atom. The molecule has 0 aliphatic carbocycles. The van der Waals surface area contributed by atoms with Crippen molar-refractivity contribution in [1.29, 1.82) is 0 Å². The lowest BCUT2D eigenvalue weighted by Gasteiger charge is -2.12. The first-order chi connectivity index (χ1) is 7.56. The average Bonchev–Trinajstić information content (AvgIpc) is 2.28. The Kier molecular flexibility index (Phi) is 4.26. The molecule has 0 fully saturated rings. The van der Waals surface area contributed by atoms with Crippen LogP contribution in [0.25, 0.3) is 0 Å². The molecule has 0 saturated heterocycles. The van der Waals surface area contributed by atoms with E-state index in [9.17, 15) is 9.90 Å². The van der Waals surface area contributed by atoms with Crippen LogP contribution < -0.4 is 5.32 Å². The van der Waals surface area contributed by atoms with Gasteiger partial charge in [-0.15, -0.1) is 6.58 Å². The Bertz CT molecular complexity index is 399. The fraction of sp³-hybridized carbons (Fsp3) is 0.308. The fourth-order valence-electron chi connectivity index (χ4n) is 1.36. The third kappa shape index (κ3) is 2.94. The van der Waals surface area contributed by atoms with E-state index in [4.69, 9.17) is 0 Å². The Hall–Kier alpha value is -1.61. The number of hydrogen-bond acceptors (Lipinski definition) is 2. The molecule has 1 aromatic carbocycles. The number of nitrogens with one attached hydrogen (secondary N) is 1. The highest BCUT2D eigenvalue weighted by atomic mass is 16.3.